The summed E-state index contributed by atoms with van der Waals surface area (Å²) in [6.07, 6.45) is 0. The average Bonchev–Trinajstić information content (AvgIpc) is 2.46. The molecule has 1 aromatic rings. The van der Waals surface area contributed by atoms with Gasteiger partial charge in [0.2, 0.25) is 5.95 Å². The van der Waals surface area contributed by atoms with Gasteiger partial charge in [0.1, 0.15) is 11.8 Å². The molecule has 14 heavy (non-hydrogen) atoms. The molecule has 0 saturated heterocycles. The summed E-state index contributed by atoms with van der Waals surface area (Å²) in [5, 5.41) is 24.2. The fraction of sp³-hybridized carbons (Fsp3) is 0.333. The molecular weight excluding hydrogens is 194 g/mol. The Morgan fingerprint density at radius 3 is 3.00 bits per heavy atom. The number of guanidine groups is 1. The Bertz CT molecular complexity index is 355. The molecule has 11 heteroatoms. The highest BCUT2D eigenvalue weighted by atomic mass is 16.7. The number of nitrogen functional groups attached to an aromatic ring is 1. The lowest BCUT2D eigenvalue weighted by atomic mass is 10.9. The smallest absolute Gasteiger partial charge is 0.267 e. The first-order chi connectivity index (χ1) is 6.59. The summed E-state index contributed by atoms with van der Waals surface area (Å²) in [4.78, 5) is 9.86. The van der Waals surface area contributed by atoms with Crippen LogP contribution in [-0.4, -0.2) is 31.2 Å². The summed E-state index contributed by atoms with van der Waals surface area (Å²) in [5.41, 5.74) is 10.4. The molecule has 0 spiro atoms. The molecule has 0 aliphatic carbocycles. The highest BCUT2D eigenvalue weighted by Crippen LogP contribution is 1.87. The van der Waals surface area contributed by atoms with Crippen molar-refractivity contribution in [3.8, 4) is 0 Å². The van der Waals surface area contributed by atoms with E-state index >= 15 is 0 Å². The van der Waals surface area contributed by atoms with Gasteiger partial charge in [0, 0.05) is 0 Å². The number of nitro groups is 1. The summed E-state index contributed by atoms with van der Waals surface area (Å²) < 4.78 is 1.16. The van der Waals surface area contributed by atoms with Gasteiger partial charge >= 0.3 is 0 Å². The zero-order valence-corrected chi connectivity index (χ0v) is 6.86. The van der Waals surface area contributed by atoms with E-state index in [9.17, 15) is 10.1 Å². The van der Waals surface area contributed by atoms with Crippen LogP contribution in [0.4, 0.5) is 5.95 Å². The van der Waals surface area contributed by atoms with Crippen molar-refractivity contribution in [2.45, 2.75) is 6.67 Å². The number of anilines is 1. The molecule has 0 saturated carbocycles. The average molecular weight is 201 g/mol. The van der Waals surface area contributed by atoms with E-state index in [4.69, 9.17) is 11.5 Å². The number of hydrazone groups is 1. The van der Waals surface area contributed by atoms with Crippen molar-refractivity contribution >= 4 is 11.9 Å². The van der Waals surface area contributed by atoms with E-state index in [1.54, 1.807) is 0 Å². The summed E-state index contributed by atoms with van der Waals surface area (Å²) in [5.74, 6) is -0.295. The van der Waals surface area contributed by atoms with Crippen LogP contribution < -0.4 is 16.8 Å². The molecule has 1 rings (SSSR count). The maximum atomic E-state index is 9.86. The van der Waals surface area contributed by atoms with E-state index in [1.165, 1.54) is 0 Å². The minimum atomic E-state index is -0.925. The quantitative estimate of drug-likeness (QED) is 0.206. The number of hydrogen-bond acceptors (Lipinski definition) is 6. The van der Waals surface area contributed by atoms with Crippen molar-refractivity contribution in [2.24, 2.45) is 10.8 Å². The lowest BCUT2D eigenvalue weighted by Crippen LogP contribution is -2.34. The van der Waals surface area contributed by atoms with Gasteiger partial charge in [-0.3, -0.25) is 0 Å². The Balaban J connectivity index is 2.49. The number of nitrogens with one attached hydrogen (secondary N) is 1. The molecule has 0 aliphatic heterocycles. The Morgan fingerprint density at radius 1 is 1.79 bits per heavy atom. The Kier molecular flexibility index (Phi) is 2.73. The van der Waals surface area contributed by atoms with Crippen LogP contribution in [0.15, 0.2) is 5.10 Å². The molecule has 11 nitrogen and oxygen atoms in total. The predicted molar refractivity (Wildman–Crippen MR) is 44.0 cm³/mol. The summed E-state index contributed by atoms with van der Waals surface area (Å²) in [7, 11) is 0. The van der Waals surface area contributed by atoms with Crippen molar-refractivity contribution < 1.29 is 5.03 Å². The van der Waals surface area contributed by atoms with Gasteiger partial charge in [-0.1, -0.05) is 5.10 Å². The molecular formula is C3H7N9O2. The monoisotopic (exact) mass is 201 g/mol. The van der Waals surface area contributed by atoms with Crippen molar-refractivity contribution in [1.82, 2.24) is 25.5 Å². The molecule has 76 valence electrons. The van der Waals surface area contributed by atoms with E-state index in [2.05, 4.69) is 25.9 Å². The normalized spacial score (nSPS) is 11.3. The van der Waals surface area contributed by atoms with Crippen molar-refractivity contribution in [3.63, 3.8) is 0 Å². The van der Waals surface area contributed by atoms with E-state index < -0.39 is 5.03 Å². The fourth-order valence-electron chi connectivity index (χ4n) is 0.603. The van der Waals surface area contributed by atoms with Gasteiger partial charge < -0.3 is 16.8 Å². The van der Waals surface area contributed by atoms with Gasteiger partial charge in [-0.15, -0.1) is 0 Å². The summed E-state index contributed by atoms with van der Waals surface area (Å²) in [6.45, 7) is 0.00199. The first kappa shape index (κ1) is 9.63. The molecule has 5 N–H and O–H groups in total. The Hall–Kier alpha value is -2.46. The third-order valence-electron chi connectivity index (χ3n) is 1.16. The van der Waals surface area contributed by atoms with Crippen LogP contribution in [0.2, 0.25) is 0 Å². The molecule has 1 heterocycles. The molecule has 0 bridgehead atoms. The molecule has 0 aliphatic rings. The second-order valence-corrected chi connectivity index (χ2v) is 2.09. The highest BCUT2D eigenvalue weighted by molar-refractivity contribution is 5.76. The second kappa shape index (κ2) is 3.97. The zero-order valence-electron chi connectivity index (χ0n) is 6.86. The van der Waals surface area contributed by atoms with Crippen LogP contribution in [0, 0.1) is 10.1 Å². The van der Waals surface area contributed by atoms with Gasteiger partial charge in [0.05, 0.1) is 0 Å². The standard InChI is InChI=1S/C3H7N9O2/c4-2(8-12(13)14)6-1-11-3(5)7-9-10-11/h1H2,(H3,4,6,8)(H2,5,7,10). The van der Waals surface area contributed by atoms with E-state index in [0.717, 1.165) is 4.68 Å². The highest BCUT2D eigenvalue weighted by Gasteiger charge is 2.02. The minimum absolute atomic E-state index is 0.00199. The van der Waals surface area contributed by atoms with Crippen LogP contribution in [0.1, 0.15) is 0 Å². The van der Waals surface area contributed by atoms with Gasteiger partial charge in [0.25, 0.3) is 5.96 Å². The molecule has 0 unspecified atom stereocenters. The molecule has 0 amide bonds. The van der Waals surface area contributed by atoms with Gasteiger partial charge in [-0.25, -0.2) is 10.1 Å². The van der Waals surface area contributed by atoms with Crippen molar-refractivity contribution in [2.75, 3.05) is 5.73 Å². The maximum Gasteiger partial charge on any atom is 0.267 e. The third kappa shape index (κ3) is 2.54. The first-order valence-electron chi connectivity index (χ1n) is 3.33. The number of tetrazole rings is 1. The Morgan fingerprint density at radius 2 is 2.50 bits per heavy atom. The van der Waals surface area contributed by atoms with Gasteiger partial charge in [-0.2, -0.15) is 4.68 Å². The van der Waals surface area contributed by atoms with E-state index in [-0.39, 0.29) is 18.6 Å². The molecule has 0 fully saturated rings. The lowest BCUT2D eigenvalue weighted by molar-refractivity contribution is -0.485. The van der Waals surface area contributed by atoms with Gasteiger partial charge in [-0.05, 0) is 10.4 Å². The van der Waals surface area contributed by atoms with Crippen LogP contribution in [-0.2, 0) is 6.67 Å². The fourth-order valence-corrected chi connectivity index (χ4v) is 0.603. The topological polar surface area (TPSA) is 163 Å². The van der Waals surface area contributed by atoms with Crippen LogP contribution >= 0.6 is 0 Å². The van der Waals surface area contributed by atoms with Crippen LogP contribution in [0.3, 0.4) is 0 Å². The van der Waals surface area contributed by atoms with Crippen LogP contribution in [0.25, 0.3) is 0 Å². The SMILES string of the molecule is NC(=N[N+](=O)[O-])NCn1nnnc1N. The van der Waals surface area contributed by atoms with Crippen LogP contribution in [0.5, 0.6) is 0 Å². The van der Waals surface area contributed by atoms with Crippen molar-refractivity contribution in [1.29, 1.82) is 0 Å². The zero-order chi connectivity index (χ0) is 10.6. The molecule has 0 radical (unpaired) electrons. The summed E-state index contributed by atoms with van der Waals surface area (Å²) >= 11 is 0. The van der Waals surface area contributed by atoms with Crippen molar-refractivity contribution in [3.05, 3.63) is 10.1 Å². The minimum Gasteiger partial charge on any atom is -0.367 e. The molecule has 0 atom stereocenters. The second-order valence-electron chi connectivity index (χ2n) is 2.09. The number of hydrogen-bond donors (Lipinski definition) is 3. The first-order valence-corrected chi connectivity index (χ1v) is 3.33. The van der Waals surface area contributed by atoms with E-state index in [0.29, 0.717) is 0 Å². The van der Waals surface area contributed by atoms with E-state index in [1.807, 2.05) is 0 Å². The lowest BCUT2D eigenvalue weighted by Gasteiger charge is -2.01. The Labute approximate surface area is 76.9 Å². The number of nitrogens with two attached hydrogens (primary N) is 2. The number of nitrogens with zero attached hydrogens (tertiary/aromatic N) is 6. The summed E-state index contributed by atoms with van der Waals surface area (Å²) in [6, 6.07) is 0. The number of aromatic nitrogens is 4. The third-order valence-corrected chi connectivity index (χ3v) is 1.16. The molecule has 0 aromatic carbocycles. The number of rotatable bonds is 3. The van der Waals surface area contributed by atoms with Gasteiger partial charge in [0.15, 0.2) is 5.03 Å². The maximum absolute atomic E-state index is 9.86. The largest absolute Gasteiger partial charge is 0.367 e. The molecule has 1 aromatic heterocycles. The predicted octanol–water partition coefficient (Wildman–Crippen LogP) is -2.69.